The normalized spacial score (nSPS) is 33.1. The van der Waals surface area contributed by atoms with Crippen LogP contribution in [0.15, 0.2) is 54.1 Å². The molecule has 0 radical (unpaired) electrons. The fourth-order valence-corrected chi connectivity index (χ4v) is 8.52. The number of ether oxygens (including phenoxy) is 1. The Labute approximate surface area is 252 Å². The van der Waals surface area contributed by atoms with Crippen LogP contribution in [0, 0.1) is 17.8 Å². The molecule has 2 aromatic carbocycles. The lowest BCUT2D eigenvalue weighted by Crippen LogP contribution is -2.60. The summed E-state index contributed by atoms with van der Waals surface area (Å²) in [4.78, 5) is 53.3. The number of phenols is 1. The van der Waals surface area contributed by atoms with Gasteiger partial charge in [0, 0.05) is 5.92 Å². The number of fused-ring (bicyclic) bond motifs is 4. The van der Waals surface area contributed by atoms with Crippen molar-refractivity contribution in [1.82, 2.24) is 4.90 Å². The van der Waals surface area contributed by atoms with Crippen molar-refractivity contribution in [3.05, 3.63) is 64.7 Å². The van der Waals surface area contributed by atoms with Crippen molar-refractivity contribution in [1.29, 1.82) is 0 Å². The molecule has 8 nitrogen and oxygen atoms in total. The number of imide groups is 2. The minimum absolute atomic E-state index is 0.0378. The number of amides is 4. The first-order valence-corrected chi connectivity index (χ1v) is 14.8. The molecule has 0 aromatic heterocycles. The Bertz CT molecular complexity index is 1520. The van der Waals surface area contributed by atoms with E-state index >= 15 is 0 Å². The molecule has 0 bridgehead atoms. The highest BCUT2D eigenvalue weighted by molar-refractivity contribution is 9.09. The van der Waals surface area contributed by atoms with Crippen LogP contribution in [0.25, 0.3) is 0 Å². The number of hydrogen-bond donors (Lipinski definition) is 1. The highest BCUT2D eigenvalue weighted by atomic mass is 79.9. The van der Waals surface area contributed by atoms with Crippen LogP contribution >= 0.6 is 50.7 Å². The molecule has 2 aromatic rings. The molecule has 2 heterocycles. The third-order valence-electron chi connectivity index (χ3n) is 8.63. The van der Waals surface area contributed by atoms with Gasteiger partial charge in [0.15, 0.2) is 21.2 Å². The largest absolute Gasteiger partial charge is 0.503 e. The van der Waals surface area contributed by atoms with Gasteiger partial charge in [0.1, 0.15) is 0 Å². The number of halogens is 4. The lowest BCUT2D eigenvalue weighted by Gasteiger charge is -2.50. The van der Waals surface area contributed by atoms with Crippen LogP contribution in [0.5, 0.6) is 11.5 Å². The van der Waals surface area contributed by atoms with E-state index in [0.717, 1.165) is 4.90 Å². The number of allylic oxidation sites excluding steroid dienone is 2. The smallest absolute Gasteiger partial charge is 0.254 e. The number of anilines is 1. The molecule has 3 fully saturated rings. The van der Waals surface area contributed by atoms with E-state index in [0.29, 0.717) is 16.8 Å². The van der Waals surface area contributed by atoms with E-state index in [9.17, 15) is 24.3 Å². The number of carbonyl (C=O) groups is 4. The van der Waals surface area contributed by atoms with Crippen molar-refractivity contribution < 1.29 is 29.0 Å². The minimum atomic E-state index is -1.98. The number of alkyl halides is 3. The summed E-state index contributed by atoms with van der Waals surface area (Å²) in [5.41, 5.74) is 1.32. The summed E-state index contributed by atoms with van der Waals surface area (Å²) < 4.78 is 5.31. The summed E-state index contributed by atoms with van der Waals surface area (Å²) in [6, 6.07) is 11.6. The molecule has 12 heteroatoms. The van der Waals surface area contributed by atoms with Crippen molar-refractivity contribution in [3.8, 4) is 11.5 Å². The van der Waals surface area contributed by atoms with Gasteiger partial charge in [-0.3, -0.25) is 29.0 Å². The van der Waals surface area contributed by atoms with E-state index in [4.69, 9.17) is 39.5 Å². The van der Waals surface area contributed by atoms with Crippen LogP contribution in [0.1, 0.15) is 24.3 Å². The molecule has 40 heavy (non-hydrogen) atoms. The number of hydrogen-bond acceptors (Lipinski definition) is 6. The fraction of sp³-hybridized carbons (Fsp3) is 0.357. The topological polar surface area (TPSA) is 104 Å². The van der Waals surface area contributed by atoms with Crippen LogP contribution in [0.3, 0.4) is 0 Å². The predicted molar refractivity (Wildman–Crippen MR) is 152 cm³/mol. The minimum Gasteiger partial charge on any atom is -0.503 e. The number of phenolic OH excluding ortho intramolecular Hbond substituents is 1. The zero-order valence-corrected chi connectivity index (χ0v) is 24.8. The van der Waals surface area contributed by atoms with Crippen LogP contribution < -0.4 is 9.64 Å². The molecule has 208 valence electrons. The standard InChI is InChI=1S/C28H22BrCl3N2O6/c1-40-19-10-13(9-18(30)22(19)35)21-15-7-8-16-20(24(37)34(23(16)36)14-5-3-2-4-6-14)17(15)11-27(31)25(38)33(12-29)26(39)28(21,27)32/h2-7,9-10,16-17,20-21,35H,8,11-12H2,1H3. The Morgan fingerprint density at radius 1 is 1.05 bits per heavy atom. The monoisotopic (exact) mass is 666 g/mol. The number of rotatable bonds is 4. The van der Waals surface area contributed by atoms with E-state index in [1.807, 2.05) is 6.08 Å². The molecular weight excluding hydrogens is 647 g/mol. The number of methoxy groups -OCH3 is 1. The Kier molecular flexibility index (Phi) is 6.53. The van der Waals surface area contributed by atoms with Gasteiger partial charge in [-0.1, -0.05) is 57.4 Å². The molecule has 1 N–H and O–H groups in total. The summed E-state index contributed by atoms with van der Waals surface area (Å²) in [5, 5.41) is 10.3. The quantitative estimate of drug-likeness (QED) is 0.214. The summed E-state index contributed by atoms with van der Waals surface area (Å²) >= 11 is 24.0. The van der Waals surface area contributed by atoms with Gasteiger partial charge in [0.2, 0.25) is 11.8 Å². The van der Waals surface area contributed by atoms with Crippen LogP contribution in [-0.4, -0.2) is 55.9 Å². The van der Waals surface area contributed by atoms with Gasteiger partial charge in [0.05, 0.1) is 35.1 Å². The van der Waals surface area contributed by atoms with Gasteiger partial charge in [-0.25, -0.2) is 0 Å². The number of carbonyl (C=O) groups excluding carboxylic acids is 4. The molecule has 0 spiro atoms. The second kappa shape index (κ2) is 9.48. The van der Waals surface area contributed by atoms with Crippen molar-refractivity contribution in [2.24, 2.45) is 17.8 Å². The Morgan fingerprint density at radius 3 is 2.40 bits per heavy atom. The second-order valence-corrected chi connectivity index (χ2v) is 12.5. The first kappa shape index (κ1) is 27.6. The summed E-state index contributed by atoms with van der Waals surface area (Å²) in [6.07, 6.45) is 1.94. The molecule has 6 unspecified atom stereocenters. The molecule has 4 amide bonds. The van der Waals surface area contributed by atoms with Gasteiger partial charge in [-0.05, 0) is 48.6 Å². The van der Waals surface area contributed by atoms with E-state index in [1.54, 1.807) is 30.3 Å². The highest BCUT2D eigenvalue weighted by Gasteiger charge is 2.76. The third-order valence-corrected chi connectivity index (χ3v) is 10.8. The van der Waals surface area contributed by atoms with Gasteiger partial charge < -0.3 is 9.84 Å². The molecule has 1 saturated carbocycles. The molecule has 2 aliphatic carbocycles. The number of nitrogens with zero attached hydrogens (tertiary/aromatic N) is 2. The van der Waals surface area contributed by atoms with Crippen molar-refractivity contribution >= 4 is 80.0 Å². The van der Waals surface area contributed by atoms with Gasteiger partial charge in [-0.15, -0.1) is 23.2 Å². The number of benzene rings is 2. The fourth-order valence-electron chi connectivity index (χ4n) is 6.87. The summed E-state index contributed by atoms with van der Waals surface area (Å²) in [5.74, 6) is -5.55. The van der Waals surface area contributed by atoms with Gasteiger partial charge in [0.25, 0.3) is 11.8 Å². The zero-order valence-electron chi connectivity index (χ0n) is 20.9. The maximum Gasteiger partial charge on any atom is 0.254 e. The van der Waals surface area contributed by atoms with Crippen LogP contribution in [0.4, 0.5) is 5.69 Å². The van der Waals surface area contributed by atoms with Gasteiger partial charge >= 0.3 is 0 Å². The summed E-state index contributed by atoms with van der Waals surface area (Å²) in [6.45, 7) is 0. The van der Waals surface area contributed by atoms with E-state index < -0.39 is 51.1 Å². The summed E-state index contributed by atoms with van der Waals surface area (Å²) in [7, 11) is 1.35. The molecular formula is C28H22BrCl3N2O6. The Balaban J connectivity index is 1.55. The first-order valence-electron chi connectivity index (χ1n) is 12.5. The van der Waals surface area contributed by atoms with E-state index in [2.05, 4.69) is 15.9 Å². The lowest BCUT2D eigenvalue weighted by molar-refractivity contribution is -0.138. The third kappa shape index (κ3) is 3.44. The number of likely N-dealkylation sites (tertiary alicyclic amines) is 1. The molecule has 4 aliphatic rings. The van der Waals surface area contributed by atoms with Crippen molar-refractivity contribution in [3.63, 3.8) is 0 Å². The van der Waals surface area contributed by atoms with Crippen LogP contribution in [0.2, 0.25) is 5.02 Å². The zero-order chi connectivity index (χ0) is 28.7. The number of para-hydroxylation sites is 1. The maximum atomic E-state index is 13.9. The lowest BCUT2D eigenvalue weighted by atomic mass is 9.56. The SMILES string of the molecule is COc1cc(C2C3=CCC4C(=O)N(c5ccccc5)C(=O)C4C3CC3(Cl)C(=O)N(CBr)C(=O)C23Cl)cc(Cl)c1O. The predicted octanol–water partition coefficient (Wildman–Crippen LogP) is 4.97. The average molecular weight is 669 g/mol. The average Bonchev–Trinajstić information content (AvgIpc) is 3.28. The van der Waals surface area contributed by atoms with Crippen molar-refractivity contribution in [2.75, 3.05) is 17.5 Å². The second-order valence-electron chi connectivity index (χ2n) is 10.4. The van der Waals surface area contributed by atoms with E-state index in [1.165, 1.54) is 24.1 Å². The van der Waals surface area contributed by atoms with Crippen LogP contribution in [-0.2, 0) is 19.2 Å². The number of aromatic hydroxyl groups is 1. The first-order chi connectivity index (χ1) is 19.0. The van der Waals surface area contributed by atoms with E-state index in [-0.39, 0.29) is 40.7 Å². The highest BCUT2D eigenvalue weighted by Crippen LogP contribution is 2.66. The Hall–Kier alpha value is -2.59. The van der Waals surface area contributed by atoms with Crippen molar-refractivity contribution in [2.45, 2.75) is 28.5 Å². The molecule has 2 saturated heterocycles. The molecule has 2 aliphatic heterocycles. The Morgan fingerprint density at radius 2 is 1.75 bits per heavy atom. The molecule has 6 rings (SSSR count). The van der Waals surface area contributed by atoms with Gasteiger partial charge in [-0.2, -0.15) is 0 Å². The maximum absolute atomic E-state index is 13.9. The molecule has 6 atom stereocenters.